The first kappa shape index (κ1) is 19.4. The third-order valence-electron chi connectivity index (χ3n) is 8.64. The molecule has 1 radical (unpaired) electrons. The van der Waals surface area contributed by atoms with Gasteiger partial charge in [-0.05, 0) is 102 Å². The molecule has 0 heteroatoms. The molecule has 0 nitrogen and oxygen atoms in total. The second kappa shape index (κ2) is 6.58. The van der Waals surface area contributed by atoms with E-state index in [1.807, 2.05) is 0 Å². The number of aryl methyl sites for hydroxylation is 2. The van der Waals surface area contributed by atoms with Crippen LogP contribution in [0.1, 0.15) is 64.3 Å². The van der Waals surface area contributed by atoms with Crippen LogP contribution in [-0.4, -0.2) is 0 Å². The molecule has 3 aromatic carbocycles. The van der Waals surface area contributed by atoms with Crippen LogP contribution in [-0.2, 0) is 32.1 Å². The molecule has 157 valence electrons. The quantitative estimate of drug-likeness (QED) is 0.425. The Bertz CT molecular complexity index is 1180. The molecule has 0 saturated heterocycles. The summed E-state index contributed by atoms with van der Waals surface area (Å²) in [6.45, 7) is 9.60. The molecular formula is C31H33. The summed E-state index contributed by atoms with van der Waals surface area (Å²) in [6, 6.07) is 23.6. The van der Waals surface area contributed by atoms with Crippen LogP contribution in [0.4, 0.5) is 0 Å². The zero-order valence-corrected chi connectivity index (χ0v) is 19.4. The smallest absolute Gasteiger partial charge is 0.00278 e. The van der Waals surface area contributed by atoms with Gasteiger partial charge in [0.15, 0.2) is 0 Å². The van der Waals surface area contributed by atoms with Gasteiger partial charge in [0.05, 0.1) is 0 Å². The van der Waals surface area contributed by atoms with E-state index in [2.05, 4.69) is 88.4 Å². The molecule has 3 aliphatic rings. The zero-order chi connectivity index (χ0) is 21.4. The summed E-state index contributed by atoms with van der Waals surface area (Å²) in [7, 11) is 0. The maximum Gasteiger partial charge on any atom is -0.00278 e. The number of hydrogen-bond donors (Lipinski definition) is 0. The lowest BCUT2D eigenvalue weighted by Gasteiger charge is -2.43. The van der Waals surface area contributed by atoms with Crippen molar-refractivity contribution in [2.45, 2.75) is 65.7 Å². The zero-order valence-electron chi connectivity index (χ0n) is 19.4. The fourth-order valence-corrected chi connectivity index (χ4v) is 7.28. The van der Waals surface area contributed by atoms with Crippen molar-refractivity contribution in [3.05, 3.63) is 111 Å². The summed E-state index contributed by atoms with van der Waals surface area (Å²) in [5.74, 6) is 2.35. The number of benzene rings is 3. The lowest BCUT2D eigenvalue weighted by atomic mass is 9.60. The van der Waals surface area contributed by atoms with Gasteiger partial charge in [-0.1, -0.05) is 85.6 Å². The average Bonchev–Trinajstić information content (AvgIpc) is 3.38. The standard InChI is InChI=1S/C31H33/c1-20-9-11-23-16-30(3,18-25(23)13-20)28-15-22-7-5-6-8-27(22)29(28)31(4)17-24-12-10-21(2)14-26(24)19-31/h5-14,29H,15-19H2,1-4H3. The van der Waals surface area contributed by atoms with Crippen molar-refractivity contribution in [3.8, 4) is 0 Å². The minimum absolute atomic E-state index is 0.257. The Morgan fingerprint density at radius 2 is 1.23 bits per heavy atom. The molecule has 0 N–H and O–H groups in total. The molecule has 0 saturated carbocycles. The number of hydrogen-bond acceptors (Lipinski definition) is 0. The predicted molar refractivity (Wildman–Crippen MR) is 130 cm³/mol. The van der Waals surface area contributed by atoms with E-state index in [9.17, 15) is 0 Å². The van der Waals surface area contributed by atoms with E-state index in [1.165, 1.54) is 36.8 Å². The summed E-state index contributed by atoms with van der Waals surface area (Å²) in [4.78, 5) is 0. The normalized spacial score (nSPS) is 29.1. The predicted octanol–water partition coefficient (Wildman–Crippen LogP) is 7.13. The van der Waals surface area contributed by atoms with E-state index in [0.29, 0.717) is 5.92 Å². The molecule has 6 rings (SSSR count). The van der Waals surface area contributed by atoms with Gasteiger partial charge in [0.2, 0.25) is 0 Å². The Balaban J connectivity index is 1.42. The van der Waals surface area contributed by atoms with Gasteiger partial charge in [0.1, 0.15) is 0 Å². The number of rotatable bonds is 2. The van der Waals surface area contributed by atoms with Gasteiger partial charge in [-0.15, -0.1) is 0 Å². The van der Waals surface area contributed by atoms with E-state index in [4.69, 9.17) is 0 Å². The second-order valence-electron chi connectivity index (χ2n) is 11.3. The summed E-state index contributed by atoms with van der Waals surface area (Å²) in [5, 5.41) is 0. The SMILES string of the molecule is Cc1ccc2c(c1)CC(C)([C]1Cc3ccccc3C1C1(C)Cc3ccc(C)cc3C1)C2. The summed E-state index contributed by atoms with van der Waals surface area (Å²) in [5.41, 5.74) is 12.8. The van der Waals surface area contributed by atoms with Crippen molar-refractivity contribution in [1.29, 1.82) is 0 Å². The minimum Gasteiger partial charge on any atom is -0.0620 e. The number of fused-ring (bicyclic) bond motifs is 3. The molecule has 3 atom stereocenters. The van der Waals surface area contributed by atoms with Gasteiger partial charge in [0, 0.05) is 0 Å². The molecule has 3 unspecified atom stereocenters. The fourth-order valence-electron chi connectivity index (χ4n) is 7.28. The Morgan fingerprint density at radius 1 is 0.645 bits per heavy atom. The van der Waals surface area contributed by atoms with E-state index >= 15 is 0 Å². The molecule has 0 aliphatic heterocycles. The first-order valence-corrected chi connectivity index (χ1v) is 12.0. The molecular weight excluding hydrogens is 372 g/mol. The molecule has 0 fully saturated rings. The minimum atomic E-state index is 0.257. The lowest BCUT2D eigenvalue weighted by molar-refractivity contribution is 0.219. The molecule has 0 spiro atoms. The Labute approximate surface area is 187 Å². The molecule has 0 aromatic heterocycles. The molecule has 3 aliphatic carbocycles. The average molecular weight is 406 g/mol. The largest absolute Gasteiger partial charge is 0.0620 e. The maximum atomic E-state index is 2.57. The van der Waals surface area contributed by atoms with Gasteiger partial charge < -0.3 is 0 Å². The van der Waals surface area contributed by atoms with Gasteiger partial charge in [-0.3, -0.25) is 0 Å². The highest BCUT2D eigenvalue weighted by Crippen LogP contribution is 2.62. The third-order valence-corrected chi connectivity index (χ3v) is 8.64. The summed E-state index contributed by atoms with van der Waals surface area (Å²) >= 11 is 0. The van der Waals surface area contributed by atoms with Crippen molar-refractivity contribution < 1.29 is 0 Å². The highest BCUT2D eigenvalue weighted by molar-refractivity contribution is 5.52. The highest BCUT2D eigenvalue weighted by atomic mass is 14.6. The Kier molecular flexibility index (Phi) is 4.11. The Morgan fingerprint density at radius 3 is 1.97 bits per heavy atom. The van der Waals surface area contributed by atoms with E-state index in [-0.39, 0.29) is 10.8 Å². The van der Waals surface area contributed by atoms with Gasteiger partial charge >= 0.3 is 0 Å². The molecule has 0 bridgehead atoms. The van der Waals surface area contributed by atoms with Crippen molar-refractivity contribution >= 4 is 0 Å². The van der Waals surface area contributed by atoms with Gasteiger partial charge in [0.25, 0.3) is 0 Å². The van der Waals surface area contributed by atoms with Crippen LogP contribution in [0, 0.1) is 30.6 Å². The topological polar surface area (TPSA) is 0 Å². The van der Waals surface area contributed by atoms with Gasteiger partial charge in [-0.25, -0.2) is 0 Å². The first-order valence-electron chi connectivity index (χ1n) is 12.0. The molecule has 0 amide bonds. The molecule has 31 heavy (non-hydrogen) atoms. The van der Waals surface area contributed by atoms with Crippen molar-refractivity contribution in [2.24, 2.45) is 10.8 Å². The molecule has 3 aromatic rings. The van der Waals surface area contributed by atoms with Crippen molar-refractivity contribution in [1.82, 2.24) is 0 Å². The van der Waals surface area contributed by atoms with Gasteiger partial charge in [-0.2, -0.15) is 0 Å². The summed E-state index contributed by atoms with van der Waals surface area (Å²) < 4.78 is 0. The first-order chi connectivity index (χ1) is 14.8. The van der Waals surface area contributed by atoms with Crippen molar-refractivity contribution in [2.75, 3.05) is 0 Å². The Hall–Kier alpha value is -2.34. The monoisotopic (exact) mass is 405 g/mol. The van der Waals surface area contributed by atoms with Crippen LogP contribution in [0.15, 0.2) is 60.7 Å². The van der Waals surface area contributed by atoms with Crippen LogP contribution in [0.5, 0.6) is 0 Å². The maximum absolute atomic E-state index is 2.57. The van der Waals surface area contributed by atoms with E-state index < -0.39 is 0 Å². The fraction of sp³-hybridized carbons (Fsp3) is 0.387. The van der Waals surface area contributed by atoms with E-state index in [0.717, 1.165) is 6.42 Å². The van der Waals surface area contributed by atoms with Crippen LogP contribution in [0.25, 0.3) is 0 Å². The van der Waals surface area contributed by atoms with Crippen LogP contribution >= 0.6 is 0 Å². The molecule has 0 heterocycles. The third kappa shape index (κ3) is 2.94. The van der Waals surface area contributed by atoms with E-state index in [1.54, 1.807) is 39.3 Å². The van der Waals surface area contributed by atoms with Crippen LogP contribution in [0.3, 0.4) is 0 Å². The van der Waals surface area contributed by atoms with Crippen molar-refractivity contribution in [3.63, 3.8) is 0 Å². The highest BCUT2D eigenvalue weighted by Gasteiger charge is 2.54. The summed E-state index contributed by atoms with van der Waals surface area (Å²) in [6.07, 6.45) is 5.97. The van der Waals surface area contributed by atoms with Crippen LogP contribution < -0.4 is 0 Å². The second-order valence-corrected chi connectivity index (χ2v) is 11.3. The van der Waals surface area contributed by atoms with Crippen LogP contribution in [0.2, 0.25) is 0 Å². The lowest BCUT2D eigenvalue weighted by Crippen LogP contribution is -2.37.